The molecular weight excluding hydrogens is 436 g/mol. The van der Waals surface area contributed by atoms with Crippen LogP contribution in [-0.2, 0) is 26.0 Å². The molecule has 4 rings (SSSR count). The number of imide groups is 1. The summed E-state index contributed by atoms with van der Waals surface area (Å²) in [6.07, 6.45) is 3.22. The molecule has 8 nitrogen and oxygen atoms in total. The minimum absolute atomic E-state index is 0.00396. The molecule has 1 aliphatic heterocycles. The molecule has 29 heavy (non-hydrogen) atoms. The second-order valence-corrected chi connectivity index (χ2v) is 10.00. The number of hydrogen-bond acceptors (Lipinski definition) is 7. The molecule has 1 aliphatic carbocycles. The van der Waals surface area contributed by atoms with E-state index in [9.17, 15) is 18.0 Å². The van der Waals surface area contributed by atoms with Crippen LogP contribution in [0, 0.1) is 11.8 Å². The standard InChI is InChI=1S/C18H17ClN4O4S2/c1-2-15-20-21-18(28-15)22-29(26,27)12-6-4-11(5-7-12)23-16(24)13-8-3-10(19)9-14(13)17(23)25/h3-7,13-14H,2,8-9H2,1H3,(H,21,22)/t13-,14-/m0/s1. The minimum atomic E-state index is -3.86. The predicted octanol–water partition coefficient (Wildman–Crippen LogP) is 2.92. The number of carbonyl (C=O) groups is 2. The Morgan fingerprint density at radius 2 is 1.86 bits per heavy atom. The topological polar surface area (TPSA) is 109 Å². The summed E-state index contributed by atoms with van der Waals surface area (Å²) in [6.45, 7) is 1.90. The van der Waals surface area contributed by atoms with Crippen molar-refractivity contribution in [1.82, 2.24) is 10.2 Å². The molecule has 2 amide bonds. The second-order valence-electron chi connectivity index (χ2n) is 6.77. The van der Waals surface area contributed by atoms with E-state index in [1.165, 1.54) is 24.3 Å². The molecule has 0 bridgehead atoms. The Bertz CT molecular complexity index is 1110. The van der Waals surface area contributed by atoms with Gasteiger partial charge >= 0.3 is 0 Å². The molecule has 1 aromatic heterocycles. The highest BCUT2D eigenvalue weighted by atomic mass is 35.5. The summed E-state index contributed by atoms with van der Waals surface area (Å²) in [7, 11) is -3.86. The van der Waals surface area contributed by atoms with Gasteiger partial charge in [0, 0.05) is 5.03 Å². The van der Waals surface area contributed by atoms with Crippen molar-refractivity contribution >= 4 is 55.6 Å². The van der Waals surface area contributed by atoms with E-state index in [1.54, 1.807) is 6.08 Å². The fourth-order valence-electron chi connectivity index (χ4n) is 3.47. The first-order valence-corrected chi connectivity index (χ1v) is 11.7. The zero-order valence-electron chi connectivity index (χ0n) is 15.3. The summed E-state index contributed by atoms with van der Waals surface area (Å²) in [4.78, 5) is 26.5. The molecule has 2 heterocycles. The highest BCUT2D eigenvalue weighted by Gasteiger charge is 2.48. The third-order valence-corrected chi connectivity index (χ3v) is 7.74. The van der Waals surface area contributed by atoms with Gasteiger partial charge in [-0.2, -0.15) is 0 Å². The number of benzene rings is 1. The smallest absolute Gasteiger partial charge is 0.263 e. The third kappa shape index (κ3) is 3.67. The van der Waals surface area contributed by atoms with Crippen LogP contribution in [0.3, 0.4) is 0 Å². The van der Waals surface area contributed by atoms with Gasteiger partial charge in [0.25, 0.3) is 10.0 Å². The minimum Gasteiger partial charge on any atom is -0.274 e. The van der Waals surface area contributed by atoms with Crippen molar-refractivity contribution in [3.8, 4) is 0 Å². The summed E-state index contributed by atoms with van der Waals surface area (Å²) >= 11 is 7.20. The van der Waals surface area contributed by atoms with Crippen LogP contribution in [-0.4, -0.2) is 30.4 Å². The molecule has 1 fully saturated rings. The van der Waals surface area contributed by atoms with Crippen molar-refractivity contribution in [2.75, 3.05) is 9.62 Å². The Morgan fingerprint density at radius 1 is 1.17 bits per heavy atom. The molecule has 1 aromatic carbocycles. The lowest BCUT2D eigenvalue weighted by Gasteiger charge is -2.17. The largest absolute Gasteiger partial charge is 0.274 e. The molecule has 2 aliphatic rings. The number of aromatic nitrogens is 2. The average molecular weight is 453 g/mol. The summed E-state index contributed by atoms with van der Waals surface area (Å²) in [5.41, 5.74) is 0.341. The zero-order chi connectivity index (χ0) is 20.8. The lowest BCUT2D eigenvalue weighted by molar-refractivity contribution is -0.122. The molecule has 2 aromatic rings. The SMILES string of the molecule is CCc1nnc(NS(=O)(=O)c2ccc(N3C(=O)[C@H]4CC=C(Cl)C[C@@H]4C3=O)cc2)s1. The van der Waals surface area contributed by atoms with Gasteiger partial charge < -0.3 is 0 Å². The number of rotatable bonds is 5. The van der Waals surface area contributed by atoms with Gasteiger partial charge in [0.2, 0.25) is 16.9 Å². The number of sulfonamides is 1. The molecule has 11 heteroatoms. The first-order chi connectivity index (χ1) is 13.8. The fourth-order valence-corrected chi connectivity index (χ4v) is 5.63. The number of carbonyl (C=O) groups excluding carboxylic acids is 2. The number of nitrogens with zero attached hydrogens (tertiary/aromatic N) is 3. The fraction of sp³-hybridized carbons (Fsp3) is 0.333. The van der Waals surface area contributed by atoms with E-state index >= 15 is 0 Å². The van der Waals surface area contributed by atoms with Gasteiger partial charge in [0.15, 0.2) is 0 Å². The van der Waals surface area contributed by atoms with Gasteiger partial charge in [0.1, 0.15) is 5.01 Å². The first kappa shape index (κ1) is 20.0. The van der Waals surface area contributed by atoms with Gasteiger partial charge in [-0.1, -0.05) is 35.9 Å². The van der Waals surface area contributed by atoms with E-state index in [4.69, 9.17) is 11.6 Å². The molecular formula is C18H17ClN4O4S2. The van der Waals surface area contributed by atoms with Crippen molar-refractivity contribution in [2.45, 2.75) is 31.1 Å². The van der Waals surface area contributed by atoms with Gasteiger partial charge in [-0.25, -0.2) is 8.42 Å². The average Bonchev–Trinajstić information content (AvgIpc) is 3.24. The van der Waals surface area contributed by atoms with Gasteiger partial charge in [-0.05, 0) is 43.5 Å². The van der Waals surface area contributed by atoms with Crippen LogP contribution in [0.4, 0.5) is 10.8 Å². The number of amides is 2. The van der Waals surface area contributed by atoms with Crippen molar-refractivity contribution in [3.63, 3.8) is 0 Å². The summed E-state index contributed by atoms with van der Waals surface area (Å²) < 4.78 is 27.5. The molecule has 152 valence electrons. The Kier molecular flexibility index (Phi) is 5.18. The van der Waals surface area contributed by atoms with E-state index in [0.717, 1.165) is 21.2 Å². The number of aryl methyl sites for hydroxylation is 1. The van der Waals surface area contributed by atoms with Crippen molar-refractivity contribution in [2.24, 2.45) is 11.8 Å². The van der Waals surface area contributed by atoms with Crippen LogP contribution >= 0.6 is 22.9 Å². The maximum Gasteiger partial charge on any atom is 0.263 e. The van der Waals surface area contributed by atoms with Crippen molar-refractivity contribution in [1.29, 1.82) is 0 Å². The monoisotopic (exact) mass is 452 g/mol. The van der Waals surface area contributed by atoms with Crippen LogP contribution in [0.2, 0.25) is 0 Å². The van der Waals surface area contributed by atoms with Crippen LogP contribution in [0.1, 0.15) is 24.8 Å². The maximum atomic E-state index is 12.7. The molecule has 0 radical (unpaired) electrons. The van der Waals surface area contributed by atoms with Gasteiger partial charge in [-0.3, -0.25) is 19.2 Å². The van der Waals surface area contributed by atoms with E-state index in [-0.39, 0.29) is 21.8 Å². The molecule has 0 unspecified atom stereocenters. The third-order valence-electron chi connectivity index (χ3n) is 4.97. The summed E-state index contributed by atoms with van der Waals surface area (Å²) in [6, 6.07) is 5.61. The Labute approximate surface area is 176 Å². The highest BCUT2D eigenvalue weighted by Crippen LogP contribution is 2.40. The molecule has 0 spiro atoms. The molecule has 0 saturated carbocycles. The van der Waals surface area contributed by atoms with Crippen LogP contribution in [0.5, 0.6) is 0 Å². The number of nitrogens with one attached hydrogen (secondary N) is 1. The summed E-state index contributed by atoms with van der Waals surface area (Å²) in [5.74, 6) is -1.47. The Balaban J connectivity index is 1.55. The second kappa shape index (κ2) is 7.51. The lowest BCUT2D eigenvalue weighted by atomic mass is 9.85. The lowest BCUT2D eigenvalue weighted by Crippen LogP contribution is -2.30. The summed E-state index contributed by atoms with van der Waals surface area (Å²) in [5, 5.41) is 9.19. The molecule has 1 saturated heterocycles. The number of halogens is 1. The van der Waals surface area contributed by atoms with Crippen LogP contribution in [0.25, 0.3) is 0 Å². The normalized spacial score (nSPS) is 21.9. The van der Waals surface area contributed by atoms with E-state index in [1.807, 2.05) is 6.92 Å². The quantitative estimate of drug-likeness (QED) is 0.698. The number of anilines is 2. The molecule has 2 atom stereocenters. The Morgan fingerprint density at radius 3 is 2.52 bits per heavy atom. The van der Waals surface area contributed by atoms with Crippen LogP contribution in [0.15, 0.2) is 40.3 Å². The maximum absolute atomic E-state index is 12.7. The van der Waals surface area contributed by atoms with Crippen molar-refractivity contribution < 1.29 is 18.0 Å². The number of allylic oxidation sites excluding steroid dienone is 2. The Hall–Kier alpha value is -2.30. The van der Waals surface area contributed by atoms with E-state index in [2.05, 4.69) is 14.9 Å². The zero-order valence-corrected chi connectivity index (χ0v) is 17.7. The van der Waals surface area contributed by atoms with Gasteiger partial charge in [0.05, 0.1) is 22.4 Å². The van der Waals surface area contributed by atoms with Crippen molar-refractivity contribution in [3.05, 3.63) is 40.4 Å². The van der Waals surface area contributed by atoms with E-state index in [0.29, 0.717) is 30.0 Å². The highest BCUT2D eigenvalue weighted by molar-refractivity contribution is 7.93. The number of fused-ring (bicyclic) bond motifs is 1. The first-order valence-electron chi connectivity index (χ1n) is 8.97. The predicted molar refractivity (Wildman–Crippen MR) is 109 cm³/mol. The van der Waals surface area contributed by atoms with E-state index < -0.39 is 21.9 Å². The number of hydrogen-bond donors (Lipinski definition) is 1. The van der Waals surface area contributed by atoms with Crippen LogP contribution < -0.4 is 9.62 Å². The molecule has 1 N–H and O–H groups in total. The van der Waals surface area contributed by atoms with Gasteiger partial charge in [-0.15, -0.1) is 10.2 Å².